The molecule has 0 aliphatic rings. The Morgan fingerprint density at radius 2 is 1.94 bits per heavy atom. The third kappa shape index (κ3) is 4.64. The van der Waals surface area contributed by atoms with Crippen molar-refractivity contribution in [2.75, 3.05) is 20.3 Å². The van der Waals surface area contributed by atoms with Crippen LogP contribution in [0.2, 0.25) is 0 Å². The highest BCUT2D eigenvalue weighted by Crippen LogP contribution is 2.13. The van der Waals surface area contributed by atoms with E-state index in [1.165, 1.54) is 5.56 Å². The van der Waals surface area contributed by atoms with E-state index in [0.29, 0.717) is 13.2 Å². The van der Waals surface area contributed by atoms with E-state index >= 15 is 0 Å². The highest BCUT2D eigenvalue weighted by atomic mass is 16.5. The van der Waals surface area contributed by atoms with Crippen molar-refractivity contribution >= 4 is 0 Å². The fourth-order valence-corrected chi connectivity index (χ4v) is 1.46. The van der Waals surface area contributed by atoms with Crippen LogP contribution in [-0.2, 0) is 11.2 Å². The van der Waals surface area contributed by atoms with Gasteiger partial charge in [0, 0.05) is 6.61 Å². The molecular formula is C13H20O3. The van der Waals surface area contributed by atoms with Crippen LogP contribution in [0.25, 0.3) is 0 Å². The normalized spacial score (nSPS) is 12.4. The third-order valence-electron chi connectivity index (χ3n) is 2.44. The molecule has 1 unspecified atom stereocenters. The minimum atomic E-state index is -0.373. The lowest BCUT2D eigenvalue weighted by Gasteiger charge is -2.10. The topological polar surface area (TPSA) is 38.7 Å². The van der Waals surface area contributed by atoms with Gasteiger partial charge in [0.25, 0.3) is 0 Å². The zero-order valence-electron chi connectivity index (χ0n) is 9.98. The molecule has 0 aliphatic heterocycles. The van der Waals surface area contributed by atoms with E-state index in [1.807, 2.05) is 31.2 Å². The van der Waals surface area contributed by atoms with Gasteiger partial charge in [-0.1, -0.05) is 12.1 Å². The molecule has 0 radical (unpaired) electrons. The van der Waals surface area contributed by atoms with E-state index in [0.717, 1.165) is 18.6 Å². The van der Waals surface area contributed by atoms with Gasteiger partial charge in [0.1, 0.15) is 5.75 Å². The Kier molecular flexibility index (Phi) is 5.90. The molecule has 90 valence electrons. The second-order valence-electron chi connectivity index (χ2n) is 3.70. The number of hydrogen-bond acceptors (Lipinski definition) is 3. The first-order chi connectivity index (χ1) is 7.76. The summed E-state index contributed by atoms with van der Waals surface area (Å²) in [4.78, 5) is 0. The van der Waals surface area contributed by atoms with Gasteiger partial charge in [-0.2, -0.15) is 0 Å². The highest BCUT2D eigenvalue weighted by Gasteiger charge is 2.04. The summed E-state index contributed by atoms with van der Waals surface area (Å²) in [5, 5.41) is 9.59. The average Bonchev–Trinajstić information content (AvgIpc) is 2.34. The maximum absolute atomic E-state index is 9.59. The Hall–Kier alpha value is -1.06. The summed E-state index contributed by atoms with van der Waals surface area (Å²) in [6.45, 7) is 3.00. The van der Waals surface area contributed by atoms with E-state index in [4.69, 9.17) is 9.47 Å². The zero-order valence-corrected chi connectivity index (χ0v) is 9.98. The van der Waals surface area contributed by atoms with Gasteiger partial charge in [0.2, 0.25) is 0 Å². The number of hydrogen-bond donors (Lipinski definition) is 1. The summed E-state index contributed by atoms with van der Waals surface area (Å²) < 4.78 is 10.2. The van der Waals surface area contributed by atoms with E-state index < -0.39 is 0 Å². The Morgan fingerprint density at radius 1 is 1.25 bits per heavy atom. The molecular weight excluding hydrogens is 204 g/mol. The molecule has 1 rings (SSSR count). The van der Waals surface area contributed by atoms with Gasteiger partial charge in [0.15, 0.2) is 0 Å². The van der Waals surface area contributed by atoms with E-state index in [-0.39, 0.29) is 6.10 Å². The summed E-state index contributed by atoms with van der Waals surface area (Å²) in [5.41, 5.74) is 1.20. The van der Waals surface area contributed by atoms with Gasteiger partial charge in [-0.05, 0) is 37.5 Å². The number of ether oxygens (including phenoxy) is 2. The number of methoxy groups -OCH3 is 1. The Bertz CT molecular complexity index is 282. The fraction of sp³-hybridized carbons (Fsp3) is 0.538. The molecule has 3 nitrogen and oxygen atoms in total. The SMILES string of the molecule is CCOCC(O)CCc1ccc(OC)cc1. The van der Waals surface area contributed by atoms with Crippen molar-refractivity contribution in [3.05, 3.63) is 29.8 Å². The second kappa shape index (κ2) is 7.25. The van der Waals surface area contributed by atoms with Gasteiger partial charge in [0.05, 0.1) is 19.8 Å². The summed E-state index contributed by atoms with van der Waals surface area (Å²) >= 11 is 0. The number of rotatable bonds is 7. The van der Waals surface area contributed by atoms with Crippen LogP contribution in [0.3, 0.4) is 0 Å². The summed E-state index contributed by atoms with van der Waals surface area (Å²) in [5.74, 6) is 0.860. The molecule has 0 fully saturated rings. The first-order valence-corrected chi connectivity index (χ1v) is 5.65. The molecule has 0 heterocycles. The molecule has 0 amide bonds. The molecule has 1 aromatic rings. The fourth-order valence-electron chi connectivity index (χ4n) is 1.46. The zero-order chi connectivity index (χ0) is 11.8. The summed E-state index contributed by atoms with van der Waals surface area (Å²) in [7, 11) is 1.65. The molecule has 3 heteroatoms. The van der Waals surface area contributed by atoms with E-state index in [2.05, 4.69) is 0 Å². The van der Waals surface area contributed by atoms with Crippen LogP contribution < -0.4 is 4.74 Å². The highest BCUT2D eigenvalue weighted by molar-refractivity contribution is 5.27. The average molecular weight is 224 g/mol. The maximum atomic E-state index is 9.59. The van der Waals surface area contributed by atoms with Crippen molar-refractivity contribution in [1.29, 1.82) is 0 Å². The summed E-state index contributed by atoms with van der Waals surface area (Å²) in [6.07, 6.45) is 1.21. The lowest BCUT2D eigenvalue weighted by molar-refractivity contribution is 0.0384. The van der Waals surface area contributed by atoms with Crippen molar-refractivity contribution in [1.82, 2.24) is 0 Å². The molecule has 0 bridgehead atoms. The molecule has 1 N–H and O–H groups in total. The molecule has 0 saturated heterocycles. The van der Waals surface area contributed by atoms with Gasteiger partial charge < -0.3 is 14.6 Å². The van der Waals surface area contributed by atoms with Crippen molar-refractivity contribution in [2.45, 2.75) is 25.9 Å². The van der Waals surface area contributed by atoms with E-state index in [9.17, 15) is 5.11 Å². The number of aryl methyl sites for hydroxylation is 1. The molecule has 0 aliphatic carbocycles. The predicted molar refractivity (Wildman–Crippen MR) is 63.8 cm³/mol. The van der Waals surface area contributed by atoms with Gasteiger partial charge in [-0.15, -0.1) is 0 Å². The van der Waals surface area contributed by atoms with Gasteiger partial charge in [-0.25, -0.2) is 0 Å². The molecule has 16 heavy (non-hydrogen) atoms. The van der Waals surface area contributed by atoms with Crippen LogP contribution >= 0.6 is 0 Å². The number of aliphatic hydroxyl groups is 1. The summed E-state index contributed by atoms with van der Waals surface area (Å²) in [6, 6.07) is 7.91. The first kappa shape index (κ1) is 13.0. The molecule has 1 atom stereocenters. The second-order valence-corrected chi connectivity index (χ2v) is 3.70. The minimum Gasteiger partial charge on any atom is -0.497 e. The molecule has 0 spiro atoms. The minimum absolute atomic E-state index is 0.373. The van der Waals surface area contributed by atoms with Crippen LogP contribution in [-0.4, -0.2) is 31.5 Å². The lowest BCUT2D eigenvalue weighted by Crippen LogP contribution is -2.15. The Morgan fingerprint density at radius 3 is 2.50 bits per heavy atom. The van der Waals surface area contributed by atoms with Crippen LogP contribution in [0.15, 0.2) is 24.3 Å². The first-order valence-electron chi connectivity index (χ1n) is 5.65. The number of aliphatic hydroxyl groups excluding tert-OH is 1. The van der Waals surface area contributed by atoms with Crippen LogP contribution in [0, 0.1) is 0 Å². The predicted octanol–water partition coefficient (Wildman–Crippen LogP) is 2.03. The molecule has 0 aromatic heterocycles. The molecule has 1 aromatic carbocycles. The van der Waals surface area contributed by atoms with Crippen molar-refractivity contribution < 1.29 is 14.6 Å². The van der Waals surface area contributed by atoms with Gasteiger partial charge >= 0.3 is 0 Å². The lowest BCUT2D eigenvalue weighted by atomic mass is 10.1. The van der Waals surface area contributed by atoms with Gasteiger partial charge in [-0.3, -0.25) is 0 Å². The third-order valence-corrected chi connectivity index (χ3v) is 2.44. The Labute approximate surface area is 97.0 Å². The van der Waals surface area contributed by atoms with E-state index in [1.54, 1.807) is 7.11 Å². The monoisotopic (exact) mass is 224 g/mol. The van der Waals surface area contributed by atoms with Crippen molar-refractivity contribution in [3.63, 3.8) is 0 Å². The smallest absolute Gasteiger partial charge is 0.118 e. The Balaban J connectivity index is 2.30. The number of benzene rings is 1. The maximum Gasteiger partial charge on any atom is 0.118 e. The van der Waals surface area contributed by atoms with Crippen LogP contribution in [0.1, 0.15) is 18.9 Å². The standard InChI is InChI=1S/C13H20O3/c1-3-16-10-12(14)7-4-11-5-8-13(15-2)9-6-11/h5-6,8-9,12,14H,3-4,7,10H2,1-2H3. The quantitative estimate of drug-likeness (QED) is 0.770. The van der Waals surface area contributed by atoms with Crippen LogP contribution in [0.4, 0.5) is 0 Å². The van der Waals surface area contributed by atoms with Crippen LogP contribution in [0.5, 0.6) is 5.75 Å². The molecule has 0 saturated carbocycles. The van der Waals surface area contributed by atoms with Crippen molar-refractivity contribution in [3.8, 4) is 5.75 Å². The van der Waals surface area contributed by atoms with Crippen molar-refractivity contribution in [2.24, 2.45) is 0 Å². The largest absolute Gasteiger partial charge is 0.497 e.